The Morgan fingerprint density at radius 1 is 0.877 bits per heavy atom. The van der Waals surface area contributed by atoms with Crippen LogP contribution in [0.15, 0.2) is 23.9 Å². The number of cyclic esters (lactones) is 1. The Balaban J connectivity index is 1.76. The predicted octanol–water partition coefficient (Wildman–Crippen LogP) is 5.07. The molecule has 4 rings (SSSR count). The largest absolute Gasteiger partial charge is 0.456 e. The number of hydrogen-bond donors (Lipinski definition) is 3. The van der Waals surface area contributed by atoms with E-state index in [9.17, 15) is 34.5 Å². The van der Waals surface area contributed by atoms with Crippen LogP contribution in [0.5, 0.6) is 0 Å². The lowest BCUT2D eigenvalue weighted by atomic mass is 9.79. The average molecular weight is 806 g/mol. The second-order valence-corrected chi connectivity index (χ2v) is 17.7. The zero-order valence-electron chi connectivity index (χ0n) is 35.8. The van der Waals surface area contributed by atoms with E-state index in [1.807, 2.05) is 19.9 Å². The summed E-state index contributed by atoms with van der Waals surface area (Å²) in [5.41, 5.74) is 0.662. The zero-order chi connectivity index (χ0) is 42.2. The predicted molar refractivity (Wildman–Crippen MR) is 212 cm³/mol. The second-order valence-electron chi connectivity index (χ2n) is 17.7. The van der Waals surface area contributed by atoms with E-state index in [2.05, 4.69) is 13.8 Å². The van der Waals surface area contributed by atoms with Gasteiger partial charge in [0.2, 0.25) is 5.79 Å². The van der Waals surface area contributed by atoms with Crippen LogP contribution >= 0.6 is 0 Å². The lowest BCUT2D eigenvalue weighted by molar-refractivity contribution is -0.302. The number of esters is 1. The molecule has 13 heteroatoms. The first kappa shape index (κ1) is 47.2. The summed E-state index contributed by atoms with van der Waals surface area (Å²) in [7, 11) is 4.64. The van der Waals surface area contributed by atoms with Crippen LogP contribution in [0.2, 0.25) is 0 Å². The molecule has 1 aliphatic carbocycles. The van der Waals surface area contributed by atoms with Gasteiger partial charge in [0.15, 0.2) is 0 Å². The number of carbonyl (C=O) groups is 4. The van der Waals surface area contributed by atoms with Crippen molar-refractivity contribution in [3.63, 3.8) is 0 Å². The number of aliphatic hydroxyl groups is 3. The van der Waals surface area contributed by atoms with Gasteiger partial charge in [0.05, 0.1) is 30.5 Å². The van der Waals surface area contributed by atoms with Crippen molar-refractivity contribution < 1.29 is 58.2 Å². The molecule has 3 heterocycles. The van der Waals surface area contributed by atoms with E-state index in [1.165, 1.54) is 13.3 Å². The number of ketones is 2. The molecule has 0 radical (unpaired) electrons. The Hall–Kier alpha value is -2.52. The van der Waals surface area contributed by atoms with E-state index in [-0.39, 0.29) is 54.8 Å². The third kappa shape index (κ3) is 11.4. The number of Topliss-reactive ketones (excluding diaryl/α,β-unsaturated/α-hetero) is 2. The van der Waals surface area contributed by atoms with Crippen LogP contribution in [-0.2, 0) is 42.9 Å². The van der Waals surface area contributed by atoms with Crippen molar-refractivity contribution in [1.29, 1.82) is 0 Å². The molecule has 1 amide bonds. The lowest BCUT2D eigenvalue weighted by Gasteiger charge is -2.46. The number of nitrogens with zero attached hydrogens (tertiary/aromatic N) is 1. The van der Waals surface area contributed by atoms with Crippen molar-refractivity contribution in [2.45, 2.75) is 173 Å². The maximum Gasteiger partial charge on any atom is 0.329 e. The number of aliphatic hydroxyl groups excluding tert-OH is 2. The van der Waals surface area contributed by atoms with Gasteiger partial charge in [-0.2, -0.15) is 0 Å². The zero-order valence-corrected chi connectivity index (χ0v) is 35.8. The van der Waals surface area contributed by atoms with Gasteiger partial charge >= 0.3 is 11.9 Å². The van der Waals surface area contributed by atoms with Gasteiger partial charge in [0.1, 0.15) is 24.0 Å². The van der Waals surface area contributed by atoms with Gasteiger partial charge in [-0.05, 0) is 94.5 Å². The molecule has 3 fully saturated rings. The Bertz CT molecular complexity index is 1430. The monoisotopic (exact) mass is 805 g/mol. The minimum atomic E-state index is -2.52. The first-order chi connectivity index (χ1) is 27.0. The van der Waals surface area contributed by atoms with Gasteiger partial charge in [-0.3, -0.25) is 19.3 Å². The van der Waals surface area contributed by atoms with Crippen molar-refractivity contribution in [3.05, 3.63) is 23.9 Å². The van der Waals surface area contributed by atoms with E-state index in [1.54, 1.807) is 34.1 Å². The summed E-state index contributed by atoms with van der Waals surface area (Å²) in [5.74, 6) is -7.23. The van der Waals surface area contributed by atoms with Crippen LogP contribution in [0.25, 0.3) is 0 Å². The van der Waals surface area contributed by atoms with E-state index < -0.39 is 77.9 Å². The Kier molecular flexibility index (Phi) is 17.5. The van der Waals surface area contributed by atoms with E-state index in [0.717, 1.165) is 17.7 Å². The van der Waals surface area contributed by atoms with Crippen molar-refractivity contribution in [1.82, 2.24) is 4.90 Å². The highest BCUT2D eigenvalue weighted by Gasteiger charge is 2.56. The fourth-order valence-electron chi connectivity index (χ4n) is 9.74. The maximum absolute atomic E-state index is 14.3. The number of fused-ring (bicyclic) bond motifs is 3. The molecular formula is C44H71NO12. The molecule has 0 spiro atoms. The fraction of sp³-hybridized carbons (Fsp3) is 0.818. The van der Waals surface area contributed by atoms with Gasteiger partial charge in [-0.15, -0.1) is 0 Å². The topological polar surface area (TPSA) is 178 Å². The normalized spacial score (nSPS) is 41.3. The first-order valence-electron chi connectivity index (χ1n) is 21.3. The van der Waals surface area contributed by atoms with E-state index >= 15 is 0 Å². The SMILES string of the molecule is CCCC1CC(C)CC(C)CC(OC)C2OC(O)(C(=O)C(=O)N3C=CCCC3C(=O)OC(C(C)=CC3CC[C@H](O)C(OC)C3)C(C)C(O)CC1=O)C(C)CC2OC. The molecule has 1 saturated carbocycles. The molecular weight excluding hydrogens is 734 g/mol. The van der Waals surface area contributed by atoms with Crippen LogP contribution in [0, 0.1) is 35.5 Å². The molecule has 324 valence electrons. The third-order valence-electron chi connectivity index (χ3n) is 13.1. The van der Waals surface area contributed by atoms with Crippen molar-refractivity contribution in [2.75, 3.05) is 21.3 Å². The summed E-state index contributed by atoms with van der Waals surface area (Å²) >= 11 is 0. The van der Waals surface area contributed by atoms with Gasteiger partial charge in [0.25, 0.3) is 5.78 Å². The van der Waals surface area contributed by atoms with Crippen LogP contribution in [0.3, 0.4) is 0 Å². The number of carbonyl (C=O) groups excluding carboxylic acids is 4. The number of allylic oxidation sites excluding steroid dienone is 2. The van der Waals surface area contributed by atoms with Gasteiger partial charge in [-0.25, -0.2) is 4.79 Å². The highest BCUT2D eigenvalue weighted by molar-refractivity contribution is 6.39. The number of amides is 1. The quantitative estimate of drug-likeness (QED) is 0.177. The van der Waals surface area contributed by atoms with E-state index in [4.69, 9.17) is 23.7 Å². The summed E-state index contributed by atoms with van der Waals surface area (Å²) < 4.78 is 29.8. The number of ether oxygens (including phenoxy) is 5. The Labute approximate surface area is 339 Å². The minimum absolute atomic E-state index is 0.00300. The fourth-order valence-corrected chi connectivity index (χ4v) is 9.74. The summed E-state index contributed by atoms with van der Waals surface area (Å²) in [5, 5.41) is 34.2. The Morgan fingerprint density at radius 3 is 2.18 bits per heavy atom. The van der Waals surface area contributed by atoms with Crippen molar-refractivity contribution in [3.8, 4) is 0 Å². The maximum atomic E-state index is 14.3. The second kappa shape index (κ2) is 21.1. The molecule has 0 aromatic rings. The molecule has 4 aliphatic rings. The Morgan fingerprint density at radius 2 is 1.53 bits per heavy atom. The molecule has 3 N–H and O–H groups in total. The minimum Gasteiger partial charge on any atom is -0.456 e. The van der Waals surface area contributed by atoms with Crippen molar-refractivity contribution >= 4 is 23.4 Å². The molecule has 13 nitrogen and oxygen atoms in total. The molecule has 2 saturated heterocycles. The highest BCUT2D eigenvalue weighted by Crippen LogP contribution is 2.39. The molecule has 57 heavy (non-hydrogen) atoms. The molecule has 0 aromatic carbocycles. The lowest BCUT2D eigenvalue weighted by Crippen LogP contribution is -2.64. The third-order valence-corrected chi connectivity index (χ3v) is 13.1. The van der Waals surface area contributed by atoms with E-state index in [0.29, 0.717) is 50.5 Å². The van der Waals surface area contributed by atoms with Gasteiger partial charge < -0.3 is 39.0 Å². The smallest absolute Gasteiger partial charge is 0.329 e. The molecule has 2 bridgehead atoms. The van der Waals surface area contributed by atoms with Gasteiger partial charge in [0, 0.05) is 51.7 Å². The number of hydrogen-bond acceptors (Lipinski definition) is 12. The van der Waals surface area contributed by atoms with Crippen LogP contribution in [-0.4, -0.2) is 120 Å². The summed E-state index contributed by atoms with van der Waals surface area (Å²) in [4.78, 5) is 57.7. The van der Waals surface area contributed by atoms with Crippen LogP contribution in [0.4, 0.5) is 0 Å². The molecule has 0 aromatic heterocycles. The summed E-state index contributed by atoms with van der Waals surface area (Å²) in [6.07, 6.45) is 5.81. The summed E-state index contributed by atoms with van der Waals surface area (Å²) in [6, 6.07) is -1.21. The van der Waals surface area contributed by atoms with Crippen molar-refractivity contribution in [2.24, 2.45) is 35.5 Å². The van der Waals surface area contributed by atoms with Gasteiger partial charge in [-0.1, -0.05) is 53.2 Å². The standard InChI is InChI=1S/C44H71NO12/c1-10-13-31-19-25(2)18-26(3)20-37(54-8)40-38(55-9)22-28(5)44(52,57-40)41(49)42(50)45-17-12-11-14-32(45)43(51)56-39(29(6)34(47)24-35(31)48)27(4)21-30-15-16-33(46)36(23-30)53-7/h12,17,21,25-26,28-34,36-40,46-47,52H,10-11,13-16,18-20,22-24H2,1-9H3/t25?,26?,28?,29?,30?,31?,32?,33-,34?,36?,37?,38?,39?,40?,44?/m0/s1. The van der Waals surface area contributed by atoms with Crippen LogP contribution in [0.1, 0.15) is 119 Å². The molecule has 15 atom stereocenters. The molecule has 3 aliphatic heterocycles. The molecule has 14 unspecified atom stereocenters. The summed E-state index contributed by atoms with van der Waals surface area (Å²) in [6.45, 7) is 11.5. The average Bonchev–Trinajstić information content (AvgIpc) is 3.18. The number of methoxy groups -OCH3 is 3. The van der Waals surface area contributed by atoms with Crippen LogP contribution < -0.4 is 0 Å². The highest BCUT2D eigenvalue weighted by atomic mass is 16.7. The first-order valence-corrected chi connectivity index (χ1v) is 21.3. The number of rotatable bonds is 7.